The summed E-state index contributed by atoms with van der Waals surface area (Å²) in [5.41, 5.74) is 4.11. The molecule has 0 spiro atoms. The van der Waals surface area contributed by atoms with Crippen molar-refractivity contribution in [3.63, 3.8) is 0 Å². The number of amides is 2. The molecular formula is C33H42ClN3O4S. The Morgan fingerprint density at radius 2 is 1.57 bits per heavy atom. The van der Waals surface area contributed by atoms with Crippen molar-refractivity contribution in [3.05, 3.63) is 100 Å². The molecule has 0 fully saturated rings. The lowest BCUT2D eigenvalue weighted by Gasteiger charge is -2.32. The highest BCUT2D eigenvalue weighted by atomic mass is 35.5. The minimum atomic E-state index is -3.63. The first-order valence-corrected chi connectivity index (χ1v) is 16.5. The summed E-state index contributed by atoms with van der Waals surface area (Å²) in [4.78, 5) is 29.2. The predicted octanol–water partition coefficient (Wildman–Crippen LogP) is 5.92. The lowest BCUT2D eigenvalue weighted by atomic mass is 10.0. The number of hydrogen-bond acceptors (Lipinski definition) is 4. The summed E-state index contributed by atoms with van der Waals surface area (Å²) >= 11 is 6.28. The lowest BCUT2D eigenvalue weighted by molar-refractivity contribution is -0.141. The maximum atomic E-state index is 13.9. The molecule has 1 N–H and O–H groups in total. The molecule has 9 heteroatoms. The molecule has 0 aliphatic rings. The van der Waals surface area contributed by atoms with Crippen molar-refractivity contribution in [3.8, 4) is 0 Å². The minimum absolute atomic E-state index is 0.0697. The Labute approximate surface area is 255 Å². The average Bonchev–Trinajstić information content (AvgIpc) is 2.94. The van der Waals surface area contributed by atoms with Gasteiger partial charge >= 0.3 is 0 Å². The van der Waals surface area contributed by atoms with Gasteiger partial charge in [-0.05, 0) is 55.0 Å². The number of carbonyl (C=O) groups excluding carboxylic acids is 2. The Hall–Kier alpha value is -3.36. The third-order valence-corrected chi connectivity index (χ3v) is 8.68. The van der Waals surface area contributed by atoms with Gasteiger partial charge in [-0.3, -0.25) is 13.9 Å². The van der Waals surface area contributed by atoms with Gasteiger partial charge in [-0.2, -0.15) is 0 Å². The van der Waals surface area contributed by atoms with Crippen LogP contribution in [0.2, 0.25) is 5.02 Å². The van der Waals surface area contributed by atoms with E-state index < -0.39 is 16.1 Å². The SMILES string of the molecule is Cc1ccc(CN(C(=O)CCCN(c2cccc(Cl)c2C)S(C)(=O)=O)[C@H](Cc2ccccc2)C(=O)NCC(C)C)cc1. The van der Waals surface area contributed by atoms with E-state index in [0.29, 0.717) is 29.2 Å². The number of hydrogen-bond donors (Lipinski definition) is 1. The van der Waals surface area contributed by atoms with Gasteiger partial charge in [-0.15, -0.1) is 0 Å². The van der Waals surface area contributed by atoms with Gasteiger partial charge in [-0.25, -0.2) is 8.42 Å². The molecule has 0 saturated carbocycles. The van der Waals surface area contributed by atoms with Crippen LogP contribution in [0.5, 0.6) is 0 Å². The molecular weight excluding hydrogens is 570 g/mol. The van der Waals surface area contributed by atoms with E-state index in [9.17, 15) is 18.0 Å². The number of sulfonamides is 1. The van der Waals surface area contributed by atoms with Crippen LogP contribution >= 0.6 is 11.6 Å². The first-order valence-electron chi connectivity index (χ1n) is 14.3. The highest BCUT2D eigenvalue weighted by molar-refractivity contribution is 7.92. The third-order valence-electron chi connectivity index (χ3n) is 7.09. The van der Waals surface area contributed by atoms with Gasteiger partial charge in [0.1, 0.15) is 6.04 Å². The zero-order valence-corrected chi connectivity index (χ0v) is 26.7. The van der Waals surface area contributed by atoms with Crippen molar-refractivity contribution in [2.45, 2.75) is 59.5 Å². The van der Waals surface area contributed by atoms with E-state index in [0.717, 1.165) is 22.9 Å². The standard InChI is InChI=1S/C33H42ClN3O4S/c1-24(2)22-35-33(39)31(21-27-11-7-6-8-12-27)36(23-28-18-16-25(3)17-19-28)32(38)15-10-20-37(42(5,40)41)30-14-9-13-29(34)26(30)4/h6-9,11-14,16-19,24,31H,10,15,20-23H2,1-5H3,(H,35,39)/t31-/m1/s1. The fourth-order valence-corrected chi connectivity index (χ4v) is 5.90. The van der Waals surface area contributed by atoms with Crippen LogP contribution in [0.4, 0.5) is 5.69 Å². The number of aryl methyl sites for hydroxylation is 1. The molecule has 226 valence electrons. The number of rotatable bonds is 14. The number of benzene rings is 3. The summed E-state index contributed by atoms with van der Waals surface area (Å²) in [5, 5.41) is 3.50. The number of halogens is 1. The van der Waals surface area contributed by atoms with Crippen LogP contribution in [0.3, 0.4) is 0 Å². The van der Waals surface area contributed by atoms with E-state index in [1.807, 2.05) is 75.4 Å². The molecule has 0 saturated heterocycles. The molecule has 0 heterocycles. The summed E-state index contributed by atoms with van der Waals surface area (Å²) < 4.78 is 26.8. The number of nitrogens with one attached hydrogen (secondary N) is 1. The van der Waals surface area contributed by atoms with E-state index >= 15 is 0 Å². The van der Waals surface area contributed by atoms with Gasteiger partial charge in [0.05, 0.1) is 11.9 Å². The van der Waals surface area contributed by atoms with Gasteiger partial charge in [0, 0.05) is 37.5 Å². The summed E-state index contributed by atoms with van der Waals surface area (Å²) in [6, 6.07) is 22.0. The molecule has 2 amide bonds. The van der Waals surface area contributed by atoms with E-state index in [1.165, 1.54) is 4.31 Å². The Morgan fingerprint density at radius 1 is 0.905 bits per heavy atom. The summed E-state index contributed by atoms with van der Waals surface area (Å²) in [6.07, 6.45) is 1.85. The van der Waals surface area contributed by atoms with Crippen LogP contribution in [-0.4, -0.2) is 50.5 Å². The van der Waals surface area contributed by atoms with Crippen LogP contribution in [0.25, 0.3) is 0 Å². The minimum Gasteiger partial charge on any atom is -0.354 e. The predicted molar refractivity (Wildman–Crippen MR) is 171 cm³/mol. The Morgan fingerprint density at radius 3 is 2.19 bits per heavy atom. The van der Waals surface area contributed by atoms with Crippen LogP contribution < -0.4 is 9.62 Å². The normalized spacial score (nSPS) is 12.2. The largest absolute Gasteiger partial charge is 0.354 e. The second-order valence-electron chi connectivity index (χ2n) is 11.2. The van der Waals surface area contributed by atoms with Crippen molar-refractivity contribution in [2.24, 2.45) is 5.92 Å². The first kappa shape index (κ1) is 33.1. The Kier molecular flexibility index (Phi) is 12.0. The first-order chi connectivity index (χ1) is 19.9. The van der Waals surface area contributed by atoms with Crippen LogP contribution in [0.1, 0.15) is 48.9 Å². The zero-order chi connectivity index (χ0) is 30.9. The maximum Gasteiger partial charge on any atom is 0.243 e. The molecule has 0 radical (unpaired) electrons. The summed E-state index contributed by atoms with van der Waals surface area (Å²) in [5.74, 6) is -0.169. The number of nitrogens with zero attached hydrogens (tertiary/aromatic N) is 2. The quantitative estimate of drug-likeness (QED) is 0.245. The fourth-order valence-electron chi connectivity index (χ4n) is 4.72. The molecule has 0 aliphatic carbocycles. The molecule has 0 aromatic heterocycles. The summed E-state index contributed by atoms with van der Waals surface area (Å²) in [7, 11) is -3.63. The van der Waals surface area contributed by atoms with Crippen molar-refractivity contribution in [1.82, 2.24) is 10.2 Å². The monoisotopic (exact) mass is 611 g/mol. The van der Waals surface area contributed by atoms with Crippen LogP contribution in [-0.2, 0) is 32.6 Å². The van der Waals surface area contributed by atoms with Crippen molar-refractivity contribution in [1.29, 1.82) is 0 Å². The van der Waals surface area contributed by atoms with Crippen molar-refractivity contribution < 1.29 is 18.0 Å². The van der Waals surface area contributed by atoms with Gasteiger partial charge in [0.2, 0.25) is 21.8 Å². The zero-order valence-electron chi connectivity index (χ0n) is 25.1. The van der Waals surface area contributed by atoms with E-state index in [4.69, 9.17) is 11.6 Å². The third kappa shape index (κ3) is 9.60. The molecule has 0 bridgehead atoms. The van der Waals surface area contributed by atoms with Crippen molar-refractivity contribution >= 4 is 39.1 Å². The van der Waals surface area contributed by atoms with E-state index in [-0.39, 0.29) is 43.7 Å². The highest BCUT2D eigenvalue weighted by Gasteiger charge is 2.30. The molecule has 3 rings (SSSR count). The van der Waals surface area contributed by atoms with Gasteiger partial charge in [-0.1, -0.05) is 91.7 Å². The molecule has 0 aliphatic heterocycles. The van der Waals surface area contributed by atoms with Crippen molar-refractivity contribution in [2.75, 3.05) is 23.7 Å². The Balaban J connectivity index is 1.89. The number of anilines is 1. The molecule has 7 nitrogen and oxygen atoms in total. The second kappa shape index (κ2) is 15.2. The lowest BCUT2D eigenvalue weighted by Crippen LogP contribution is -2.51. The molecule has 3 aromatic rings. The molecule has 0 unspecified atom stereocenters. The molecule has 42 heavy (non-hydrogen) atoms. The molecule has 1 atom stereocenters. The summed E-state index contributed by atoms with van der Waals surface area (Å²) in [6.45, 7) is 8.68. The Bertz CT molecular complexity index is 1440. The van der Waals surface area contributed by atoms with Gasteiger partial charge < -0.3 is 10.2 Å². The van der Waals surface area contributed by atoms with Crippen LogP contribution in [0.15, 0.2) is 72.8 Å². The number of carbonyl (C=O) groups is 2. The maximum absolute atomic E-state index is 13.9. The average molecular weight is 612 g/mol. The van der Waals surface area contributed by atoms with Crippen LogP contribution in [0, 0.1) is 19.8 Å². The smallest absolute Gasteiger partial charge is 0.243 e. The molecule has 3 aromatic carbocycles. The van der Waals surface area contributed by atoms with Gasteiger partial charge in [0.15, 0.2) is 0 Å². The highest BCUT2D eigenvalue weighted by Crippen LogP contribution is 2.28. The second-order valence-corrected chi connectivity index (χ2v) is 13.5. The van der Waals surface area contributed by atoms with E-state index in [1.54, 1.807) is 30.0 Å². The topological polar surface area (TPSA) is 86.8 Å². The van der Waals surface area contributed by atoms with Gasteiger partial charge in [0.25, 0.3) is 0 Å². The van der Waals surface area contributed by atoms with E-state index in [2.05, 4.69) is 5.32 Å². The fraction of sp³-hybridized carbons (Fsp3) is 0.394.